The van der Waals surface area contributed by atoms with Crippen LogP contribution in [0.2, 0.25) is 0 Å². The highest BCUT2D eigenvalue weighted by molar-refractivity contribution is 9.10. The number of nitrogens with zero attached hydrogens (tertiary/aromatic N) is 1. The Bertz CT molecular complexity index is 270. The van der Waals surface area contributed by atoms with Crippen LogP contribution in [0.25, 0.3) is 0 Å². The summed E-state index contributed by atoms with van der Waals surface area (Å²) in [4.78, 5) is 4.34. The quantitative estimate of drug-likeness (QED) is 0.861. The molecule has 3 nitrogen and oxygen atoms in total. The van der Waals surface area contributed by atoms with Gasteiger partial charge in [0.05, 0.1) is 6.61 Å². The molecule has 0 spiro atoms. The lowest BCUT2D eigenvalue weighted by atomic mass is 10.1. The fourth-order valence-electron chi connectivity index (χ4n) is 1.46. The van der Waals surface area contributed by atoms with Crippen molar-refractivity contribution in [1.29, 1.82) is 0 Å². The van der Waals surface area contributed by atoms with Gasteiger partial charge in [-0.2, -0.15) is 0 Å². The molecular formula is C11H17BrN2O. The highest BCUT2D eigenvalue weighted by atomic mass is 79.9. The predicted molar refractivity (Wildman–Crippen MR) is 65.0 cm³/mol. The van der Waals surface area contributed by atoms with Crippen molar-refractivity contribution in [1.82, 2.24) is 10.3 Å². The van der Waals surface area contributed by atoms with E-state index in [0.717, 1.165) is 23.1 Å². The van der Waals surface area contributed by atoms with Gasteiger partial charge in [-0.3, -0.25) is 4.98 Å². The number of pyridine rings is 1. The van der Waals surface area contributed by atoms with E-state index in [9.17, 15) is 0 Å². The van der Waals surface area contributed by atoms with Crippen molar-refractivity contribution in [2.24, 2.45) is 0 Å². The van der Waals surface area contributed by atoms with Crippen LogP contribution in [-0.2, 0) is 11.2 Å². The zero-order chi connectivity index (χ0) is 11.1. The summed E-state index contributed by atoms with van der Waals surface area (Å²) in [6.07, 6.45) is 2.72. The van der Waals surface area contributed by atoms with E-state index in [1.165, 1.54) is 0 Å². The molecule has 0 aliphatic rings. The summed E-state index contributed by atoms with van der Waals surface area (Å²) in [7, 11) is 1.72. The first-order chi connectivity index (χ1) is 7.26. The minimum atomic E-state index is 0.341. The van der Waals surface area contributed by atoms with Gasteiger partial charge in [0.2, 0.25) is 0 Å². The maximum absolute atomic E-state index is 5.15. The molecule has 1 heterocycles. The first-order valence-corrected chi connectivity index (χ1v) is 5.88. The lowest BCUT2D eigenvalue weighted by Crippen LogP contribution is -2.35. The van der Waals surface area contributed by atoms with Crippen LogP contribution in [0.4, 0.5) is 0 Å². The standard InChI is InChI=1S/C11H17BrN2O/c1-3-13-11(8-15-2)6-10-5-4-9(12)7-14-10/h4-5,7,11,13H,3,6,8H2,1-2H3. The number of rotatable bonds is 6. The topological polar surface area (TPSA) is 34.1 Å². The van der Waals surface area contributed by atoms with Crippen molar-refractivity contribution in [3.8, 4) is 0 Å². The van der Waals surface area contributed by atoms with Crippen LogP contribution >= 0.6 is 15.9 Å². The molecule has 0 bridgehead atoms. The lowest BCUT2D eigenvalue weighted by Gasteiger charge is -2.16. The third kappa shape index (κ3) is 4.73. The van der Waals surface area contributed by atoms with Gasteiger partial charge >= 0.3 is 0 Å². The van der Waals surface area contributed by atoms with E-state index >= 15 is 0 Å². The molecule has 1 atom stereocenters. The van der Waals surface area contributed by atoms with Crippen LogP contribution in [0.3, 0.4) is 0 Å². The second-order valence-electron chi connectivity index (χ2n) is 3.38. The molecule has 1 unspecified atom stereocenters. The smallest absolute Gasteiger partial charge is 0.0619 e. The summed E-state index contributed by atoms with van der Waals surface area (Å²) in [6.45, 7) is 3.76. The Kier molecular flexibility index (Phi) is 5.83. The Morgan fingerprint density at radius 3 is 2.87 bits per heavy atom. The van der Waals surface area contributed by atoms with Crippen LogP contribution in [0.15, 0.2) is 22.8 Å². The summed E-state index contributed by atoms with van der Waals surface area (Å²) >= 11 is 3.37. The predicted octanol–water partition coefficient (Wildman–Crippen LogP) is 2.01. The molecule has 0 saturated heterocycles. The molecule has 1 N–H and O–H groups in total. The zero-order valence-electron chi connectivity index (χ0n) is 9.16. The minimum Gasteiger partial charge on any atom is -0.383 e. The van der Waals surface area contributed by atoms with Gasteiger partial charge in [-0.1, -0.05) is 6.92 Å². The fourth-order valence-corrected chi connectivity index (χ4v) is 1.69. The number of likely N-dealkylation sites (N-methyl/N-ethyl adjacent to an activating group) is 1. The number of ether oxygens (including phenoxy) is 1. The first-order valence-electron chi connectivity index (χ1n) is 5.09. The number of halogens is 1. The van der Waals surface area contributed by atoms with Crippen LogP contribution in [0, 0.1) is 0 Å². The average Bonchev–Trinajstić information content (AvgIpc) is 2.22. The molecule has 0 fully saturated rings. The van der Waals surface area contributed by atoms with Gasteiger partial charge in [0.25, 0.3) is 0 Å². The van der Waals surface area contributed by atoms with Crippen molar-refractivity contribution < 1.29 is 4.74 Å². The van der Waals surface area contributed by atoms with Crippen LogP contribution in [-0.4, -0.2) is 31.3 Å². The summed E-state index contributed by atoms with van der Waals surface area (Å²) in [5, 5.41) is 3.37. The molecule has 0 aliphatic heterocycles. The lowest BCUT2D eigenvalue weighted by molar-refractivity contribution is 0.166. The molecule has 1 rings (SSSR count). The van der Waals surface area contributed by atoms with E-state index in [2.05, 4.69) is 33.2 Å². The largest absolute Gasteiger partial charge is 0.383 e. The molecule has 1 aromatic heterocycles. The van der Waals surface area contributed by atoms with Crippen molar-refractivity contribution >= 4 is 15.9 Å². The zero-order valence-corrected chi connectivity index (χ0v) is 10.8. The maximum atomic E-state index is 5.15. The van der Waals surface area contributed by atoms with Gasteiger partial charge in [-0.25, -0.2) is 0 Å². The highest BCUT2D eigenvalue weighted by Crippen LogP contribution is 2.08. The van der Waals surface area contributed by atoms with Crippen molar-refractivity contribution in [2.45, 2.75) is 19.4 Å². The van der Waals surface area contributed by atoms with Gasteiger partial charge in [0.15, 0.2) is 0 Å². The van der Waals surface area contributed by atoms with E-state index in [0.29, 0.717) is 12.6 Å². The molecule has 0 aromatic carbocycles. The molecular weight excluding hydrogens is 256 g/mol. The first kappa shape index (κ1) is 12.6. The molecule has 1 aromatic rings. The van der Waals surface area contributed by atoms with E-state index in [4.69, 9.17) is 4.74 Å². The third-order valence-electron chi connectivity index (χ3n) is 2.10. The molecule has 84 valence electrons. The Morgan fingerprint density at radius 2 is 2.33 bits per heavy atom. The Balaban J connectivity index is 2.53. The summed E-state index contributed by atoms with van der Waals surface area (Å²) < 4.78 is 6.16. The van der Waals surface area contributed by atoms with Crippen LogP contribution in [0.5, 0.6) is 0 Å². The molecule has 15 heavy (non-hydrogen) atoms. The van der Waals surface area contributed by atoms with Gasteiger partial charge in [0, 0.05) is 35.9 Å². The van der Waals surface area contributed by atoms with Crippen molar-refractivity contribution in [3.63, 3.8) is 0 Å². The number of hydrogen-bond donors (Lipinski definition) is 1. The van der Waals surface area contributed by atoms with E-state index in [1.54, 1.807) is 7.11 Å². The summed E-state index contributed by atoms with van der Waals surface area (Å²) in [5.41, 5.74) is 1.08. The Morgan fingerprint density at radius 1 is 1.53 bits per heavy atom. The number of hydrogen-bond acceptors (Lipinski definition) is 3. The van der Waals surface area contributed by atoms with Gasteiger partial charge < -0.3 is 10.1 Å². The van der Waals surface area contributed by atoms with E-state index in [-0.39, 0.29) is 0 Å². The number of methoxy groups -OCH3 is 1. The van der Waals surface area contributed by atoms with Gasteiger partial charge in [-0.05, 0) is 34.6 Å². The number of aromatic nitrogens is 1. The second kappa shape index (κ2) is 6.93. The molecule has 0 radical (unpaired) electrons. The Hall–Kier alpha value is -0.450. The third-order valence-corrected chi connectivity index (χ3v) is 2.57. The second-order valence-corrected chi connectivity index (χ2v) is 4.30. The van der Waals surface area contributed by atoms with Crippen molar-refractivity contribution in [2.75, 3.05) is 20.3 Å². The monoisotopic (exact) mass is 272 g/mol. The maximum Gasteiger partial charge on any atom is 0.0619 e. The normalized spacial score (nSPS) is 12.7. The van der Waals surface area contributed by atoms with Crippen molar-refractivity contribution in [3.05, 3.63) is 28.5 Å². The molecule has 4 heteroatoms. The number of nitrogens with one attached hydrogen (secondary N) is 1. The molecule has 0 aliphatic carbocycles. The Labute approximate surface area is 99.4 Å². The van der Waals surface area contributed by atoms with Crippen LogP contribution in [0.1, 0.15) is 12.6 Å². The van der Waals surface area contributed by atoms with Crippen LogP contribution < -0.4 is 5.32 Å². The molecule has 0 amide bonds. The van der Waals surface area contributed by atoms with Gasteiger partial charge in [-0.15, -0.1) is 0 Å². The van der Waals surface area contributed by atoms with E-state index < -0.39 is 0 Å². The molecule has 0 saturated carbocycles. The fraction of sp³-hybridized carbons (Fsp3) is 0.545. The highest BCUT2D eigenvalue weighted by Gasteiger charge is 2.08. The summed E-state index contributed by atoms with van der Waals surface area (Å²) in [5.74, 6) is 0. The average molecular weight is 273 g/mol. The summed E-state index contributed by atoms with van der Waals surface area (Å²) in [6, 6.07) is 4.39. The SMILES string of the molecule is CCNC(COC)Cc1ccc(Br)cn1. The minimum absolute atomic E-state index is 0.341. The van der Waals surface area contributed by atoms with Gasteiger partial charge in [0.1, 0.15) is 0 Å². The van der Waals surface area contributed by atoms with E-state index in [1.807, 2.05) is 18.3 Å².